The first-order valence-electron chi connectivity index (χ1n) is 48.6. The molecule has 3 aliphatic heterocycles. The van der Waals surface area contributed by atoms with Crippen LogP contribution in [0.3, 0.4) is 0 Å². The topological polar surface area (TPSA) is 307 Å². The molecule has 0 aromatic rings. The fraction of sp³-hybridized carbons (Fsp3) is 0.947. The zero-order chi connectivity index (χ0) is 82.4. The Morgan fingerprint density at radius 1 is 0.307 bits per heavy atom. The highest BCUT2D eigenvalue weighted by Crippen LogP contribution is 2.34. The predicted molar refractivity (Wildman–Crippen MR) is 462 cm³/mol. The number of hydrogen-bond acceptors (Lipinski definition) is 18. The largest absolute Gasteiger partial charge is 0.394 e. The average Bonchev–Trinajstić information content (AvgIpc) is 0.777. The molecule has 0 aromatic carbocycles. The van der Waals surface area contributed by atoms with E-state index in [9.17, 15) is 61.0 Å². The Morgan fingerprint density at radius 3 is 0.851 bits per heavy atom. The molecule has 19 heteroatoms. The van der Waals surface area contributed by atoms with Crippen molar-refractivity contribution in [2.24, 2.45) is 0 Å². The summed E-state index contributed by atoms with van der Waals surface area (Å²) in [5.41, 5.74) is 0. The molecule has 0 radical (unpaired) electrons. The molecule has 12 N–H and O–H groups in total. The van der Waals surface area contributed by atoms with E-state index in [1.165, 1.54) is 372 Å². The van der Waals surface area contributed by atoms with E-state index < -0.39 is 124 Å². The van der Waals surface area contributed by atoms with Crippen LogP contribution in [-0.2, 0) is 33.2 Å². The van der Waals surface area contributed by atoms with Gasteiger partial charge in [0, 0.05) is 6.42 Å². The number of allylic oxidation sites excluding steroid dienone is 3. The lowest BCUT2D eigenvalue weighted by molar-refractivity contribution is -0.379. The summed E-state index contributed by atoms with van der Waals surface area (Å²) >= 11 is 0. The highest BCUT2D eigenvalue weighted by Gasteiger charge is 2.54. The molecule has 0 saturated carbocycles. The monoisotopic (exact) mass is 1620 g/mol. The summed E-state index contributed by atoms with van der Waals surface area (Å²) in [6.07, 6.45) is 69.3. The maximum atomic E-state index is 13.5. The van der Waals surface area contributed by atoms with Crippen molar-refractivity contribution in [2.45, 2.75) is 548 Å². The Morgan fingerprint density at radius 2 is 0.553 bits per heavy atom. The van der Waals surface area contributed by atoms with Gasteiger partial charge >= 0.3 is 0 Å². The van der Waals surface area contributed by atoms with E-state index in [1.807, 2.05) is 6.08 Å². The first-order chi connectivity index (χ1) is 55.8. The van der Waals surface area contributed by atoms with Crippen molar-refractivity contribution in [3.63, 3.8) is 0 Å². The van der Waals surface area contributed by atoms with E-state index in [2.05, 4.69) is 31.3 Å². The number of carbonyl (C=O) groups excluding carboxylic acids is 1. The number of amides is 1. The number of unbranched alkanes of at least 4 members (excludes halogenated alkanes) is 63. The Kier molecular flexibility index (Phi) is 70.1. The molecule has 674 valence electrons. The van der Waals surface area contributed by atoms with Gasteiger partial charge in [0.1, 0.15) is 73.2 Å². The van der Waals surface area contributed by atoms with Crippen LogP contribution in [0.25, 0.3) is 0 Å². The van der Waals surface area contributed by atoms with Gasteiger partial charge in [-0.3, -0.25) is 4.79 Å². The third kappa shape index (κ3) is 52.6. The molecular formula is C95H181NO18. The summed E-state index contributed by atoms with van der Waals surface area (Å²) in [7, 11) is 0. The van der Waals surface area contributed by atoms with Crippen LogP contribution in [0.4, 0.5) is 0 Å². The Hall–Kier alpha value is -1.73. The summed E-state index contributed by atoms with van der Waals surface area (Å²) in [4.78, 5) is 13.5. The van der Waals surface area contributed by atoms with Crippen LogP contribution in [0.5, 0.6) is 0 Å². The second-order valence-electron chi connectivity index (χ2n) is 34.9. The van der Waals surface area contributed by atoms with Crippen LogP contribution in [0, 0.1) is 0 Å². The number of aliphatic hydroxyl groups is 11. The molecule has 17 atom stereocenters. The fourth-order valence-corrected chi connectivity index (χ4v) is 16.8. The Bertz CT molecular complexity index is 2140. The highest BCUT2D eigenvalue weighted by atomic mass is 16.8. The number of hydrogen-bond donors (Lipinski definition) is 12. The molecule has 3 heterocycles. The van der Waals surface area contributed by atoms with E-state index in [0.717, 1.165) is 44.9 Å². The second-order valence-corrected chi connectivity index (χ2v) is 34.9. The molecule has 0 aromatic heterocycles. The minimum Gasteiger partial charge on any atom is -0.394 e. The van der Waals surface area contributed by atoms with E-state index in [0.29, 0.717) is 6.42 Å². The quantitative estimate of drug-likeness (QED) is 0.0199. The number of aliphatic hydroxyl groups excluding tert-OH is 11. The van der Waals surface area contributed by atoms with Gasteiger partial charge in [-0.1, -0.05) is 417 Å². The highest BCUT2D eigenvalue weighted by molar-refractivity contribution is 5.76. The molecule has 0 bridgehead atoms. The number of rotatable bonds is 81. The van der Waals surface area contributed by atoms with Crippen molar-refractivity contribution in [1.82, 2.24) is 5.32 Å². The molecule has 17 unspecified atom stereocenters. The summed E-state index contributed by atoms with van der Waals surface area (Å²) in [5, 5.41) is 121. The maximum Gasteiger partial charge on any atom is 0.220 e. The summed E-state index contributed by atoms with van der Waals surface area (Å²) in [6.45, 7) is 1.82. The smallest absolute Gasteiger partial charge is 0.220 e. The van der Waals surface area contributed by atoms with Crippen LogP contribution in [0.2, 0.25) is 0 Å². The third-order valence-electron chi connectivity index (χ3n) is 24.5. The van der Waals surface area contributed by atoms with Crippen LogP contribution < -0.4 is 5.32 Å². The molecule has 0 spiro atoms. The summed E-state index contributed by atoms with van der Waals surface area (Å²) in [6, 6.07) is -0.973. The van der Waals surface area contributed by atoms with E-state index in [4.69, 9.17) is 28.4 Å². The van der Waals surface area contributed by atoms with Crippen molar-refractivity contribution >= 4 is 5.91 Å². The van der Waals surface area contributed by atoms with Crippen molar-refractivity contribution in [3.05, 3.63) is 24.3 Å². The first-order valence-corrected chi connectivity index (χ1v) is 48.6. The minimum absolute atomic E-state index is 0.249. The van der Waals surface area contributed by atoms with Crippen molar-refractivity contribution in [1.29, 1.82) is 0 Å². The lowest BCUT2D eigenvalue weighted by Crippen LogP contribution is -2.66. The summed E-state index contributed by atoms with van der Waals surface area (Å²) < 4.78 is 34.6. The number of carbonyl (C=O) groups is 1. The lowest BCUT2D eigenvalue weighted by atomic mass is 9.96. The van der Waals surface area contributed by atoms with Crippen LogP contribution >= 0.6 is 0 Å². The fourth-order valence-electron chi connectivity index (χ4n) is 16.8. The lowest BCUT2D eigenvalue weighted by Gasteiger charge is -2.48. The molecule has 114 heavy (non-hydrogen) atoms. The summed E-state index contributed by atoms with van der Waals surface area (Å²) in [5.74, 6) is -0.265. The van der Waals surface area contributed by atoms with Gasteiger partial charge in [-0.2, -0.15) is 0 Å². The standard InChI is InChI=1S/C95H181NO18/c1-3-5-7-9-11-13-15-17-19-21-23-25-27-29-31-33-35-37-38-39-40-41-43-45-47-49-51-53-55-57-59-61-63-65-67-69-71-73-83(101)96-78(79(100)72-70-68-66-64-62-60-58-56-54-52-50-48-46-44-42-36-34-32-30-28-26-24-22-20-18-16-14-12-10-8-6-4-2)77-109-93-89(107)86(104)91(81(75-98)111-93)114-95-90(108)87(105)92(82(76-99)112-95)113-94-88(106)85(103)84(102)80(74-97)110-94/h21,23,70,72,78-82,84-95,97-100,102-108H,3-20,22,24-69,71,73-77H2,1-2H3,(H,96,101)/b23-21-,72-70+. The zero-order valence-electron chi connectivity index (χ0n) is 73.1. The van der Waals surface area contributed by atoms with E-state index in [1.54, 1.807) is 6.08 Å². The molecule has 1 amide bonds. The van der Waals surface area contributed by atoms with Gasteiger partial charge in [0.2, 0.25) is 5.91 Å². The Balaban J connectivity index is 1.29. The SMILES string of the molecule is CCCCCCCCCC/C=C\CCCCCCCCCCCCCCCCCCCCCCCCCCCC(=O)NC(COC1OC(CO)C(OC2OC(CO)C(OC3OC(CO)C(O)C(O)C3O)C(O)C2O)C(O)C1O)C(O)/C=C/CCCCCCCCCCCCCCCCCCCCCCCCCCCCCCCC. The second kappa shape index (κ2) is 75.0. The molecule has 3 saturated heterocycles. The van der Waals surface area contributed by atoms with Gasteiger partial charge in [-0.15, -0.1) is 0 Å². The van der Waals surface area contributed by atoms with E-state index >= 15 is 0 Å². The average molecular weight is 1630 g/mol. The van der Waals surface area contributed by atoms with Gasteiger partial charge in [0.05, 0.1) is 38.6 Å². The normalized spacial score (nSPS) is 24.7. The van der Waals surface area contributed by atoms with Gasteiger partial charge in [0.25, 0.3) is 0 Å². The van der Waals surface area contributed by atoms with Crippen LogP contribution in [-0.4, -0.2) is 193 Å². The number of ether oxygens (including phenoxy) is 6. The van der Waals surface area contributed by atoms with Gasteiger partial charge in [-0.05, 0) is 44.9 Å². The van der Waals surface area contributed by atoms with Gasteiger partial charge < -0.3 is 89.9 Å². The van der Waals surface area contributed by atoms with Gasteiger partial charge in [0.15, 0.2) is 18.9 Å². The minimum atomic E-state index is -1.98. The van der Waals surface area contributed by atoms with Crippen molar-refractivity contribution < 1.29 is 89.4 Å². The zero-order valence-corrected chi connectivity index (χ0v) is 73.1. The molecule has 3 fully saturated rings. The van der Waals surface area contributed by atoms with Crippen molar-refractivity contribution in [2.75, 3.05) is 26.4 Å². The van der Waals surface area contributed by atoms with Crippen LogP contribution in [0.15, 0.2) is 24.3 Å². The maximum absolute atomic E-state index is 13.5. The molecule has 3 rings (SSSR count). The molecule has 19 nitrogen and oxygen atoms in total. The van der Waals surface area contributed by atoms with Gasteiger partial charge in [-0.25, -0.2) is 0 Å². The molecular weight excluding hydrogens is 1440 g/mol. The first kappa shape index (κ1) is 106. The van der Waals surface area contributed by atoms with Crippen LogP contribution in [0.1, 0.15) is 444 Å². The van der Waals surface area contributed by atoms with Crippen molar-refractivity contribution in [3.8, 4) is 0 Å². The predicted octanol–water partition coefficient (Wildman–Crippen LogP) is 19.6. The molecule has 3 aliphatic rings. The Labute approximate surface area is 696 Å². The third-order valence-corrected chi connectivity index (χ3v) is 24.5. The van der Waals surface area contributed by atoms with E-state index in [-0.39, 0.29) is 18.9 Å². The molecule has 0 aliphatic carbocycles. The number of nitrogens with one attached hydrogen (secondary N) is 1.